The van der Waals surface area contributed by atoms with Gasteiger partial charge in [-0.1, -0.05) is 51.3 Å². The van der Waals surface area contributed by atoms with Gasteiger partial charge in [-0.25, -0.2) is 9.59 Å². The van der Waals surface area contributed by atoms with Crippen molar-refractivity contribution in [3.8, 4) is 11.5 Å². The minimum absolute atomic E-state index is 0.000914. The average molecular weight is 669 g/mol. The van der Waals surface area contributed by atoms with Crippen molar-refractivity contribution in [1.82, 2.24) is 0 Å². The molecule has 0 heterocycles. The molecule has 0 saturated heterocycles. The largest absolute Gasteiger partial charge is 0.465 e. The summed E-state index contributed by atoms with van der Waals surface area (Å²) < 4.78 is 26.5. The van der Waals surface area contributed by atoms with Crippen LogP contribution < -0.4 is 9.47 Å². The summed E-state index contributed by atoms with van der Waals surface area (Å²) in [7, 11) is 0. The molecule has 2 atom stereocenters. The first-order valence-electron chi connectivity index (χ1n) is 15.8. The Morgan fingerprint density at radius 3 is 1.25 bits per heavy atom. The number of rotatable bonds is 21. The minimum atomic E-state index is -2.00. The number of ether oxygens (including phenoxy) is 5. The van der Waals surface area contributed by atoms with Gasteiger partial charge >= 0.3 is 29.8 Å². The van der Waals surface area contributed by atoms with Gasteiger partial charge in [0.25, 0.3) is 0 Å². The molecule has 0 spiro atoms. The average Bonchev–Trinajstić information content (AvgIpc) is 3.04. The molecule has 0 aliphatic heterocycles. The lowest BCUT2D eigenvalue weighted by Crippen LogP contribution is -2.44. The van der Waals surface area contributed by atoms with E-state index >= 15 is 0 Å². The Kier molecular flexibility index (Phi) is 16.4. The van der Waals surface area contributed by atoms with Gasteiger partial charge in [0.1, 0.15) is 22.7 Å². The zero-order valence-electron chi connectivity index (χ0n) is 29.0. The summed E-state index contributed by atoms with van der Waals surface area (Å²) in [5.74, 6) is -4.95. The van der Waals surface area contributed by atoms with Crippen LogP contribution in [0.1, 0.15) is 80.1 Å². The van der Waals surface area contributed by atoms with Crippen molar-refractivity contribution in [2.75, 3.05) is 19.8 Å². The van der Waals surface area contributed by atoms with E-state index in [1.165, 1.54) is 31.2 Å². The molecule has 11 nitrogen and oxygen atoms in total. The van der Waals surface area contributed by atoms with E-state index in [1.807, 2.05) is 6.92 Å². The first-order valence-corrected chi connectivity index (χ1v) is 15.8. The van der Waals surface area contributed by atoms with Gasteiger partial charge in [0.05, 0.1) is 19.8 Å². The summed E-state index contributed by atoms with van der Waals surface area (Å²) in [5, 5.41) is 0. The van der Waals surface area contributed by atoms with Gasteiger partial charge in [0.15, 0.2) is 5.41 Å². The van der Waals surface area contributed by atoms with Crippen LogP contribution in [0, 0.1) is 10.8 Å². The highest BCUT2D eigenvalue weighted by Gasteiger charge is 2.51. The summed E-state index contributed by atoms with van der Waals surface area (Å²) in [6, 6.07) is 5.30. The summed E-state index contributed by atoms with van der Waals surface area (Å²) in [4.78, 5) is 78.6. The van der Waals surface area contributed by atoms with Crippen LogP contribution in [0.5, 0.6) is 11.5 Å². The molecule has 1 aromatic rings. The van der Waals surface area contributed by atoms with E-state index in [0.717, 1.165) is 0 Å². The van der Waals surface area contributed by atoms with E-state index in [4.69, 9.17) is 23.7 Å². The van der Waals surface area contributed by atoms with E-state index in [0.29, 0.717) is 24.0 Å². The van der Waals surface area contributed by atoms with Crippen molar-refractivity contribution < 1.29 is 52.5 Å². The Bertz CT molecular complexity index is 1420. The second-order valence-corrected chi connectivity index (χ2v) is 11.3. The van der Waals surface area contributed by atoms with Gasteiger partial charge < -0.3 is 23.7 Å². The van der Waals surface area contributed by atoms with Gasteiger partial charge in [-0.15, -0.1) is 0 Å². The molecular formula is C37H48O11. The van der Waals surface area contributed by atoms with Crippen LogP contribution in [-0.2, 0) is 43.0 Å². The van der Waals surface area contributed by atoms with Gasteiger partial charge in [0, 0.05) is 24.0 Å². The van der Waals surface area contributed by atoms with Gasteiger partial charge in [-0.2, -0.15) is 0 Å². The molecule has 0 aromatic heterocycles. The summed E-state index contributed by atoms with van der Waals surface area (Å²) in [5.41, 5.74) is -2.88. The molecule has 0 aliphatic carbocycles. The van der Waals surface area contributed by atoms with Crippen LogP contribution in [0.15, 0.2) is 72.9 Å². The third kappa shape index (κ3) is 10.9. The minimum Gasteiger partial charge on any atom is -0.465 e. The summed E-state index contributed by atoms with van der Waals surface area (Å²) >= 11 is 0. The molecule has 48 heavy (non-hydrogen) atoms. The standard InChI is InChI=1S/C37H48O11/c1-11-24(6)20-36(28(10)38,22-26(8)31(39)44-13-3)34(42)47-29-16-18-30(19-17-29)48-35(43)37(21-25(7)12-2,33(41)46-15-5)23-27(9)32(40)45-14-4/h16-19H,6-9,11-15,20-23H2,1-5,10H3. The van der Waals surface area contributed by atoms with Gasteiger partial charge in [0.2, 0.25) is 0 Å². The maximum absolute atomic E-state index is 13.8. The van der Waals surface area contributed by atoms with Crippen LogP contribution in [-0.4, -0.2) is 55.5 Å². The molecule has 0 aliphatic rings. The van der Waals surface area contributed by atoms with Crippen LogP contribution in [0.3, 0.4) is 0 Å². The molecule has 0 bridgehead atoms. The fourth-order valence-corrected chi connectivity index (χ4v) is 4.73. The highest BCUT2D eigenvalue weighted by Crippen LogP contribution is 2.39. The molecule has 0 saturated carbocycles. The molecule has 0 N–H and O–H groups in total. The fourth-order valence-electron chi connectivity index (χ4n) is 4.73. The van der Waals surface area contributed by atoms with Crippen molar-refractivity contribution in [2.45, 2.75) is 80.1 Å². The second-order valence-electron chi connectivity index (χ2n) is 11.3. The third-order valence-electron chi connectivity index (χ3n) is 7.63. The highest BCUT2D eigenvalue weighted by atomic mass is 16.6. The third-order valence-corrected chi connectivity index (χ3v) is 7.63. The SMILES string of the molecule is C=C(CC)CC(CC(=C)C(=O)OCC)(C(C)=O)C(=O)Oc1ccc(OC(=O)C(CC(=C)CC)(CC(=C)C(=O)OCC)C(=O)OCC)cc1. The Morgan fingerprint density at radius 1 is 0.542 bits per heavy atom. The van der Waals surface area contributed by atoms with Crippen LogP contribution >= 0.6 is 0 Å². The number of benzene rings is 1. The number of hydrogen-bond donors (Lipinski definition) is 0. The van der Waals surface area contributed by atoms with Crippen LogP contribution in [0.2, 0.25) is 0 Å². The molecule has 11 heteroatoms. The van der Waals surface area contributed by atoms with E-state index in [2.05, 4.69) is 26.3 Å². The predicted octanol–water partition coefficient (Wildman–Crippen LogP) is 6.35. The molecule has 0 amide bonds. The lowest BCUT2D eigenvalue weighted by atomic mass is 9.73. The monoisotopic (exact) mass is 668 g/mol. The lowest BCUT2D eigenvalue weighted by Gasteiger charge is -2.30. The first-order chi connectivity index (χ1) is 22.6. The number of Topliss-reactive ketones (excluding diaryl/α,β-unsaturated/α-hetero) is 1. The van der Waals surface area contributed by atoms with E-state index < -0.39 is 52.9 Å². The maximum Gasteiger partial charge on any atom is 0.333 e. The number of carbonyl (C=O) groups is 6. The van der Waals surface area contributed by atoms with Crippen molar-refractivity contribution in [3.05, 3.63) is 72.9 Å². The number of allylic oxidation sites excluding steroid dienone is 2. The topological polar surface area (TPSA) is 149 Å². The Morgan fingerprint density at radius 2 is 0.896 bits per heavy atom. The zero-order valence-corrected chi connectivity index (χ0v) is 29.0. The van der Waals surface area contributed by atoms with Crippen LogP contribution in [0.4, 0.5) is 0 Å². The zero-order chi connectivity index (χ0) is 36.7. The summed E-state index contributed by atoms with van der Waals surface area (Å²) in [6.45, 7) is 25.1. The molecule has 1 rings (SSSR count). The fraction of sp³-hybridized carbons (Fsp3) is 0.459. The first kappa shape index (κ1) is 41.2. The second kappa shape index (κ2) is 19.1. The Hall–Kier alpha value is -4.80. The molecule has 0 fully saturated rings. The number of ketones is 1. The lowest BCUT2D eigenvalue weighted by molar-refractivity contribution is -0.167. The van der Waals surface area contributed by atoms with Gasteiger partial charge in [-0.3, -0.25) is 19.2 Å². The number of hydrogen-bond acceptors (Lipinski definition) is 11. The number of esters is 5. The molecule has 262 valence electrons. The van der Waals surface area contributed by atoms with Crippen molar-refractivity contribution in [2.24, 2.45) is 10.8 Å². The highest BCUT2D eigenvalue weighted by molar-refractivity contribution is 6.05. The van der Waals surface area contributed by atoms with Crippen molar-refractivity contribution in [3.63, 3.8) is 0 Å². The Labute approximate surface area is 283 Å². The van der Waals surface area contributed by atoms with E-state index in [-0.39, 0.29) is 61.7 Å². The Balaban J connectivity index is 3.46. The normalized spacial score (nSPS) is 13.0. The molecular weight excluding hydrogens is 620 g/mol. The molecule has 1 aromatic carbocycles. The van der Waals surface area contributed by atoms with E-state index in [9.17, 15) is 28.8 Å². The predicted molar refractivity (Wildman–Crippen MR) is 179 cm³/mol. The number of carbonyl (C=O) groups excluding carboxylic acids is 6. The maximum atomic E-state index is 13.8. The van der Waals surface area contributed by atoms with E-state index in [1.54, 1.807) is 27.7 Å². The van der Waals surface area contributed by atoms with Gasteiger partial charge in [-0.05, 0) is 77.6 Å². The molecule has 0 radical (unpaired) electrons. The van der Waals surface area contributed by atoms with Crippen molar-refractivity contribution in [1.29, 1.82) is 0 Å². The molecule has 2 unspecified atom stereocenters. The smallest absolute Gasteiger partial charge is 0.333 e. The quantitative estimate of drug-likeness (QED) is 0.0360. The van der Waals surface area contributed by atoms with Crippen LogP contribution in [0.25, 0.3) is 0 Å². The van der Waals surface area contributed by atoms with Crippen molar-refractivity contribution >= 4 is 35.6 Å². The summed E-state index contributed by atoms with van der Waals surface area (Å²) in [6.07, 6.45) is -0.137.